The summed E-state index contributed by atoms with van der Waals surface area (Å²) in [5, 5.41) is 0.312. The smallest absolute Gasteiger partial charge is 0.422 e. The van der Waals surface area contributed by atoms with Gasteiger partial charge in [-0.1, -0.05) is 11.6 Å². The molecule has 0 unspecified atom stereocenters. The van der Waals surface area contributed by atoms with Crippen molar-refractivity contribution in [2.24, 2.45) is 0 Å². The van der Waals surface area contributed by atoms with Crippen molar-refractivity contribution in [1.29, 1.82) is 0 Å². The minimum Gasteiger partial charge on any atom is -0.446 e. The standard InChI is InChI=1S/C9H12ClN3O4S/c1-6(2)17-9(14)13-18(15,16)12-8-5-7(10)3-4-11-8/h3-6H,1-2H3,(H,11,12)(H,13,14). The van der Waals surface area contributed by atoms with Gasteiger partial charge in [0.25, 0.3) is 0 Å². The fourth-order valence-electron chi connectivity index (χ4n) is 0.972. The summed E-state index contributed by atoms with van der Waals surface area (Å²) in [6.07, 6.45) is -0.170. The number of amides is 1. The van der Waals surface area contributed by atoms with Gasteiger partial charge in [0.15, 0.2) is 0 Å². The van der Waals surface area contributed by atoms with E-state index in [4.69, 9.17) is 11.6 Å². The Hall–Kier alpha value is -1.54. The molecule has 0 aliphatic rings. The van der Waals surface area contributed by atoms with Crippen LogP contribution in [0.5, 0.6) is 0 Å². The van der Waals surface area contributed by atoms with Gasteiger partial charge in [0, 0.05) is 17.3 Å². The maximum Gasteiger partial charge on any atom is 0.422 e. The minimum absolute atomic E-state index is 0.00709. The quantitative estimate of drug-likeness (QED) is 0.877. The van der Waals surface area contributed by atoms with Gasteiger partial charge in [-0.05, 0) is 19.9 Å². The molecule has 0 saturated carbocycles. The Morgan fingerprint density at radius 3 is 2.72 bits per heavy atom. The molecule has 0 saturated heterocycles. The lowest BCUT2D eigenvalue weighted by Crippen LogP contribution is -2.37. The van der Waals surface area contributed by atoms with Crippen LogP contribution in [0.3, 0.4) is 0 Å². The summed E-state index contributed by atoms with van der Waals surface area (Å²) in [5.41, 5.74) is 0. The zero-order chi connectivity index (χ0) is 13.8. The molecule has 0 atom stereocenters. The fraction of sp³-hybridized carbons (Fsp3) is 0.333. The highest BCUT2D eigenvalue weighted by atomic mass is 35.5. The van der Waals surface area contributed by atoms with Crippen molar-refractivity contribution in [3.63, 3.8) is 0 Å². The number of nitrogens with zero attached hydrogens (tertiary/aromatic N) is 1. The van der Waals surface area contributed by atoms with Crippen molar-refractivity contribution in [2.75, 3.05) is 4.72 Å². The Labute approximate surface area is 110 Å². The van der Waals surface area contributed by atoms with Gasteiger partial charge in [0.05, 0.1) is 6.10 Å². The van der Waals surface area contributed by atoms with Crippen LogP contribution >= 0.6 is 11.6 Å². The molecule has 0 spiro atoms. The minimum atomic E-state index is -4.09. The highest BCUT2D eigenvalue weighted by Crippen LogP contribution is 2.12. The van der Waals surface area contributed by atoms with E-state index in [9.17, 15) is 13.2 Å². The van der Waals surface area contributed by atoms with Crippen LogP contribution < -0.4 is 9.44 Å². The van der Waals surface area contributed by atoms with Gasteiger partial charge in [0.1, 0.15) is 5.82 Å². The molecule has 0 aromatic carbocycles. The lowest BCUT2D eigenvalue weighted by atomic mass is 10.5. The van der Waals surface area contributed by atoms with Gasteiger partial charge in [-0.25, -0.2) is 14.5 Å². The van der Waals surface area contributed by atoms with Crippen LogP contribution in [-0.4, -0.2) is 25.6 Å². The molecule has 0 aliphatic carbocycles. The monoisotopic (exact) mass is 293 g/mol. The number of nitrogens with one attached hydrogen (secondary N) is 2. The molecule has 0 bridgehead atoms. The molecule has 1 amide bonds. The number of hydrogen-bond acceptors (Lipinski definition) is 5. The molecular weight excluding hydrogens is 282 g/mol. The maximum absolute atomic E-state index is 11.5. The lowest BCUT2D eigenvalue weighted by molar-refractivity contribution is 0.121. The van der Waals surface area contributed by atoms with Crippen LogP contribution in [-0.2, 0) is 14.9 Å². The van der Waals surface area contributed by atoms with Gasteiger partial charge < -0.3 is 4.74 Å². The summed E-state index contributed by atoms with van der Waals surface area (Å²) in [4.78, 5) is 14.9. The molecule has 0 radical (unpaired) electrons. The molecule has 1 rings (SSSR count). The number of hydrogen-bond donors (Lipinski definition) is 2. The highest BCUT2D eigenvalue weighted by Gasteiger charge is 2.16. The summed E-state index contributed by atoms with van der Waals surface area (Å²) in [6, 6.07) is 2.79. The molecule has 100 valence electrons. The van der Waals surface area contributed by atoms with E-state index in [2.05, 4.69) is 9.72 Å². The Morgan fingerprint density at radius 2 is 2.17 bits per heavy atom. The van der Waals surface area contributed by atoms with Crippen LogP contribution in [0, 0.1) is 0 Å². The second-order valence-corrected chi connectivity index (χ2v) is 5.37. The molecule has 0 aliphatic heterocycles. The predicted molar refractivity (Wildman–Crippen MR) is 66.5 cm³/mol. The normalized spacial score (nSPS) is 11.1. The first kappa shape index (κ1) is 14.5. The Kier molecular flexibility index (Phi) is 4.74. The zero-order valence-electron chi connectivity index (χ0n) is 9.68. The number of halogens is 1. The van der Waals surface area contributed by atoms with Crippen LogP contribution in [0.1, 0.15) is 13.8 Å². The largest absolute Gasteiger partial charge is 0.446 e. The van der Waals surface area contributed by atoms with E-state index < -0.39 is 22.4 Å². The van der Waals surface area contributed by atoms with Gasteiger partial charge in [-0.2, -0.15) is 8.42 Å². The number of pyridine rings is 1. The average Bonchev–Trinajstić information content (AvgIpc) is 2.13. The van der Waals surface area contributed by atoms with Crippen molar-refractivity contribution in [1.82, 2.24) is 9.71 Å². The molecule has 18 heavy (non-hydrogen) atoms. The summed E-state index contributed by atoms with van der Waals surface area (Å²) in [5.74, 6) is -0.00709. The summed E-state index contributed by atoms with van der Waals surface area (Å²) >= 11 is 5.66. The van der Waals surface area contributed by atoms with Crippen LogP contribution in [0.4, 0.5) is 10.6 Å². The van der Waals surface area contributed by atoms with Gasteiger partial charge in [-0.3, -0.25) is 4.72 Å². The van der Waals surface area contributed by atoms with E-state index in [1.54, 1.807) is 18.6 Å². The summed E-state index contributed by atoms with van der Waals surface area (Å²) in [7, 11) is -4.09. The third-order valence-corrected chi connectivity index (χ3v) is 2.67. The third kappa shape index (κ3) is 5.19. The number of carbonyl (C=O) groups excluding carboxylic acids is 1. The highest BCUT2D eigenvalue weighted by molar-refractivity contribution is 7.91. The number of ether oxygens (including phenoxy) is 1. The maximum atomic E-state index is 11.5. The summed E-state index contributed by atoms with van der Waals surface area (Å²) < 4.78 is 31.3. The van der Waals surface area contributed by atoms with E-state index in [0.29, 0.717) is 5.02 Å². The molecule has 0 fully saturated rings. The van der Waals surface area contributed by atoms with E-state index >= 15 is 0 Å². The van der Waals surface area contributed by atoms with E-state index in [1.807, 2.05) is 4.72 Å². The SMILES string of the molecule is CC(C)OC(=O)NS(=O)(=O)Nc1cc(Cl)ccn1. The zero-order valence-corrected chi connectivity index (χ0v) is 11.2. The van der Waals surface area contributed by atoms with Crippen LogP contribution in [0.2, 0.25) is 5.02 Å². The Morgan fingerprint density at radius 1 is 1.50 bits per heavy atom. The van der Waals surface area contributed by atoms with Gasteiger partial charge >= 0.3 is 16.3 Å². The van der Waals surface area contributed by atoms with Crippen LogP contribution in [0.25, 0.3) is 0 Å². The third-order valence-electron chi connectivity index (χ3n) is 1.52. The summed E-state index contributed by atoms with van der Waals surface area (Å²) in [6.45, 7) is 3.19. The molecular formula is C9H12ClN3O4S. The number of carbonyl (C=O) groups is 1. The Balaban J connectivity index is 2.68. The average molecular weight is 294 g/mol. The van der Waals surface area contributed by atoms with E-state index in [0.717, 1.165) is 0 Å². The molecule has 1 aromatic rings. The number of anilines is 1. The second kappa shape index (κ2) is 5.87. The molecule has 1 aromatic heterocycles. The first-order valence-electron chi connectivity index (χ1n) is 4.91. The van der Waals surface area contributed by atoms with Crippen molar-refractivity contribution in [3.05, 3.63) is 23.4 Å². The molecule has 2 N–H and O–H groups in total. The lowest BCUT2D eigenvalue weighted by Gasteiger charge is -2.11. The van der Waals surface area contributed by atoms with E-state index in [-0.39, 0.29) is 5.82 Å². The van der Waals surface area contributed by atoms with Gasteiger partial charge in [-0.15, -0.1) is 0 Å². The molecule has 7 nitrogen and oxygen atoms in total. The fourth-order valence-corrected chi connectivity index (χ4v) is 1.84. The van der Waals surface area contributed by atoms with Crippen LogP contribution in [0.15, 0.2) is 18.3 Å². The van der Waals surface area contributed by atoms with Crippen molar-refractivity contribution in [2.45, 2.75) is 20.0 Å². The van der Waals surface area contributed by atoms with E-state index in [1.165, 1.54) is 18.3 Å². The van der Waals surface area contributed by atoms with Crippen molar-refractivity contribution < 1.29 is 17.9 Å². The predicted octanol–water partition coefficient (Wildman–Crippen LogP) is 1.53. The van der Waals surface area contributed by atoms with Gasteiger partial charge in [0.2, 0.25) is 0 Å². The van der Waals surface area contributed by atoms with Crippen molar-refractivity contribution >= 4 is 33.7 Å². The first-order valence-corrected chi connectivity index (χ1v) is 6.77. The Bertz CT molecular complexity index is 532. The first-order chi connectivity index (χ1) is 8.28. The topological polar surface area (TPSA) is 97.4 Å². The number of aromatic nitrogens is 1. The number of rotatable bonds is 4. The van der Waals surface area contributed by atoms with Crippen molar-refractivity contribution in [3.8, 4) is 0 Å². The second-order valence-electron chi connectivity index (χ2n) is 3.52. The molecule has 1 heterocycles. The molecule has 9 heteroatoms.